The van der Waals surface area contributed by atoms with Gasteiger partial charge in [0, 0.05) is 156 Å². The molecule has 24 nitrogen and oxygen atoms in total. The van der Waals surface area contributed by atoms with Crippen molar-refractivity contribution in [3.63, 3.8) is 0 Å². The molecule has 3 aliphatic heterocycles. The SMILES string of the molecule is CCCN1CC(CSCC(=O)C[C@H](CCCCNC(=O)CSC[C@@H]2C[C@@H]3c4cccc5[nH]cc(c45)C[C@H]3N(CCC)C2)C(=O)N[C@H]2CSSC[C@@H](C(=O)N[C@H](C(N)=O)[C@@H](C)O)CC(=O)[C@H](CC)NC(=O)[C@H](CCCCN)CC(=O)[C@@H](Cc3c[nH]c4ccccc34)NC(=O)[C@H](Cc3ccc(O)cc3)CC2=O)C[C@@H]2c3cccc4[nH]cc(c34)C[C@H]21. The van der Waals surface area contributed by atoms with E-state index >= 15 is 19.2 Å². The summed E-state index contributed by atoms with van der Waals surface area (Å²) in [4.78, 5) is 162. The molecule has 12 rings (SSSR count). The first-order valence-corrected chi connectivity index (χ1v) is 47.5. The number of aromatic nitrogens is 3. The number of primary amides is 1. The minimum atomic E-state index is -1.53. The minimum Gasteiger partial charge on any atom is -0.508 e. The molecule has 118 heavy (non-hydrogen) atoms. The lowest BCUT2D eigenvalue weighted by Gasteiger charge is -2.47. The van der Waals surface area contributed by atoms with Crippen molar-refractivity contribution in [1.29, 1.82) is 0 Å². The van der Waals surface area contributed by atoms with Crippen LogP contribution in [0, 0.1) is 35.5 Å². The fourth-order valence-electron chi connectivity index (χ4n) is 18.9. The number of thioether (sulfide) groups is 2. The quantitative estimate of drug-likeness (QED) is 0.0132. The first-order chi connectivity index (χ1) is 57.1. The van der Waals surface area contributed by atoms with Gasteiger partial charge in [-0.3, -0.25) is 57.7 Å². The zero-order chi connectivity index (χ0) is 83.5. The third kappa shape index (κ3) is 23.0. The summed E-state index contributed by atoms with van der Waals surface area (Å²) in [5.41, 5.74) is 21.5. The number of fused-ring (bicyclic) bond motifs is 5. The van der Waals surface area contributed by atoms with Crippen molar-refractivity contribution in [1.82, 2.24) is 51.3 Å². The number of phenolic OH excluding ortho intramolecular Hbond substituents is 1. The molecular weight excluding hydrogens is 1570 g/mol. The maximum atomic E-state index is 15.7. The Morgan fingerprint density at radius 1 is 0.644 bits per heavy atom. The summed E-state index contributed by atoms with van der Waals surface area (Å²) in [6, 6.07) is 22.4. The maximum Gasteiger partial charge on any atom is 0.242 e. The molecule has 0 spiro atoms. The molecule has 0 bridgehead atoms. The van der Waals surface area contributed by atoms with E-state index in [-0.39, 0.29) is 79.6 Å². The predicted octanol–water partition coefficient (Wildman–Crippen LogP) is 10.3. The van der Waals surface area contributed by atoms with E-state index in [0.29, 0.717) is 91.4 Å². The van der Waals surface area contributed by atoms with Crippen molar-refractivity contribution in [2.45, 2.75) is 204 Å². The van der Waals surface area contributed by atoms with Crippen LogP contribution in [-0.2, 0) is 73.6 Å². The number of hydrogen-bond donors (Lipinski definition) is 12. The first kappa shape index (κ1) is 89.3. The van der Waals surface area contributed by atoms with Gasteiger partial charge < -0.3 is 63.2 Å². The molecule has 636 valence electrons. The van der Waals surface area contributed by atoms with Crippen molar-refractivity contribution in [2.24, 2.45) is 47.0 Å². The second-order valence-corrected chi connectivity index (χ2v) is 38.2. The number of nitrogens with two attached hydrogens (primary N) is 2. The van der Waals surface area contributed by atoms with Crippen LogP contribution in [0.1, 0.15) is 169 Å². The Morgan fingerprint density at radius 3 is 1.86 bits per heavy atom. The number of carbonyl (C=O) groups is 10. The number of Topliss-reactive ketones (excluding diaryl/α,β-unsaturated/α-hetero) is 4. The summed E-state index contributed by atoms with van der Waals surface area (Å²) >= 11 is 3.24. The maximum absolute atomic E-state index is 15.7. The van der Waals surface area contributed by atoms with Gasteiger partial charge >= 0.3 is 0 Å². The van der Waals surface area contributed by atoms with Gasteiger partial charge in [0.15, 0.2) is 17.3 Å². The van der Waals surface area contributed by atoms with Gasteiger partial charge in [0.05, 0.1) is 41.7 Å². The molecule has 3 fully saturated rings. The molecule has 3 aromatic heterocycles. The second kappa shape index (κ2) is 43.0. The number of piperidine rings is 2. The molecule has 15 atom stereocenters. The van der Waals surface area contributed by atoms with Crippen LogP contribution < -0.4 is 38.1 Å². The molecule has 4 aromatic carbocycles. The minimum absolute atomic E-state index is 0.0210. The highest BCUT2D eigenvalue weighted by atomic mass is 33.1. The van der Waals surface area contributed by atoms with E-state index in [4.69, 9.17) is 11.5 Å². The number of H-pyrrole nitrogens is 3. The standard InChI is InChI=1S/C90H120N12O12S4/c1-5-30-101-45-55(33-69-67-19-14-22-73-83(67)61(43-95-73)37-77(69)101)47-115-50-65(105)35-57(17-11-13-29-93-82(109)52-116-48-56-34-70-68-20-15-23-74-84(68)62(44-96-74)38-78(70)102(46-56)31-6-2)87(111)99-76-51-118-117-49-63(90(114)100-85(53(4)103)86(92)110)41-79(106)71(7-3)97-88(112)58(16-10-12-28-91)39-80(107)75(36-60-42-94-72-21-9-8-18-66(60)72)98-89(113)59(40-81(76)108)32-54-24-26-64(104)27-25-54/h8-9,14-15,18-27,42-44,53,55-59,63,69-71,75-78,85,94-96,103-104H,5-7,10-13,16-17,28-41,45-52,91H2,1-4H3,(H2,92,110)(H,93,109)(H,97,112)(H,98,113)(H,99,111)(H,100,114)/t53-,55?,56-,57+,58-,59-,63+,69-,70-,71+,75-,76+,77-,78-,85+/m1/s1. The van der Waals surface area contributed by atoms with Crippen LogP contribution in [0.4, 0.5) is 0 Å². The number of amides is 6. The summed E-state index contributed by atoms with van der Waals surface area (Å²) in [5.74, 6) is -6.60. The van der Waals surface area contributed by atoms with Gasteiger partial charge in [-0.15, -0.1) is 0 Å². The number of aromatic amines is 3. The van der Waals surface area contributed by atoms with Gasteiger partial charge in [0.2, 0.25) is 35.4 Å². The highest BCUT2D eigenvalue weighted by Crippen LogP contribution is 2.48. The van der Waals surface area contributed by atoms with Crippen LogP contribution in [0.2, 0.25) is 0 Å². The third-order valence-corrected chi connectivity index (χ3v) is 29.8. The Morgan fingerprint density at radius 2 is 1.24 bits per heavy atom. The molecule has 5 aliphatic rings. The largest absolute Gasteiger partial charge is 0.508 e. The Bertz CT molecular complexity index is 4640. The Hall–Kier alpha value is -7.96. The van der Waals surface area contributed by atoms with E-state index in [0.717, 1.165) is 114 Å². The van der Waals surface area contributed by atoms with Crippen molar-refractivity contribution in [2.75, 3.05) is 73.8 Å². The Labute approximate surface area is 708 Å². The number of benzene rings is 4. The Balaban J connectivity index is 0.794. The van der Waals surface area contributed by atoms with Gasteiger partial charge in [-0.25, -0.2) is 0 Å². The molecule has 0 radical (unpaired) electrons. The molecule has 7 aromatic rings. The second-order valence-electron chi connectivity index (χ2n) is 33.5. The monoisotopic (exact) mass is 1690 g/mol. The van der Waals surface area contributed by atoms with E-state index < -0.39 is 114 Å². The number of nitrogens with zero attached hydrogens (tertiary/aromatic N) is 2. The highest BCUT2D eigenvalue weighted by Gasteiger charge is 2.44. The molecule has 1 unspecified atom stereocenters. The van der Waals surface area contributed by atoms with E-state index in [1.165, 1.54) is 57.6 Å². The number of rotatable bonds is 34. The van der Waals surface area contributed by atoms with Crippen molar-refractivity contribution in [3.05, 3.63) is 137 Å². The number of likely N-dealkylation sites (tertiary alicyclic amines) is 2. The van der Waals surface area contributed by atoms with Gasteiger partial charge in [0.1, 0.15) is 17.6 Å². The number of hydrogen-bond acceptors (Lipinski definition) is 19. The molecule has 2 aliphatic carbocycles. The lowest BCUT2D eigenvalue weighted by molar-refractivity contribution is -0.136. The molecular formula is C90H120N12O12S4. The molecule has 0 saturated carbocycles. The number of unbranched alkanes of at least 4 members (excludes halogenated alkanes) is 2. The first-order valence-electron chi connectivity index (χ1n) is 42.7. The number of para-hydroxylation sites is 1. The van der Waals surface area contributed by atoms with Crippen molar-refractivity contribution < 1.29 is 58.2 Å². The lowest BCUT2D eigenvalue weighted by Crippen LogP contribution is -2.53. The van der Waals surface area contributed by atoms with Gasteiger partial charge in [-0.05, 0) is 191 Å². The number of ketones is 4. The molecule has 3 saturated heterocycles. The normalized spacial score (nSPS) is 24.6. The Kier molecular flexibility index (Phi) is 32.5. The molecule has 14 N–H and O–H groups in total. The van der Waals surface area contributed by atoms with Gasteiger partial charge in [-0.2, -0.15) is 23.5 Å². The van der Waals surface area contributed by atoms with Crippen LogP contribution in [-0.4, -0.2) is 210 Å². The average molecular weight is 1690 g/mol. The average Bonchev–Trinajstić information content (AvgIpc) is 1.50. The van der Waals surface area contributed by atoms with Gasteiger partial charge in [-0.1, -0.05) is 110 Å². The number of aromatic hydroxyl groups is 1. The number of carbonyl (C=O) groups excluding carboxylic acids is 10. The third-order valence-electron chi connectivity index (χ3n) is 24.9. The van der Waals surface area contributed by atoms with Crippen molar-refractivity contribution >= 4 is 136 Å². The molecule has 6 heterocycles. The number of aliphatic hydroxyl groups excluding tert-OH is 1. The molecule has 6 amide bonds. The van der Waals surface area contributed by atoms with E-state index in [1.54, 1.807) is 48.8 Å². The fraction of sp³-hybridized carbons (Fsp3) is 0.556. The summed E-state index contributed by atoms with van der Waals surface area (Å²) in [7, 11) is 2.22. The van der Waals surface area contributed by atoms with Crippen LogP contribution in [0.15, 0.2) is 104 Å². The van der Waals surface area contributed by atoms with Crippen LogP contribution in [0.3, 0.4) is 0 Å². The summed E-state index contributed by atoms with van der Waals surface area (Å²) in [6.45, 7) is 12.0. The van der Waals surface area contributed by atoms with E-state index in [1.807, 2.05) is 24.3 Å². The number of aliphatic hydroxyl groups is 1. The summed E-state index contributed by atoms with van der Waals surface area (Å²) in [5, 5.41) is 39.2. The number of nitrogens with one attached hydrogen (secondary N) is 8. The van der Waals surface area contributed by atoms with Crippen molar-refractivity contribution in [3.8, 4) is 5.75 Å². The highest BCUT2D eigenvalue weighted by molar-refractivity contribution is 8.76. The fourth-order valence-corrected chi connectivity index (χ4v) is 23.4. The van der Waals surface area contributed by atoms with Gasteiger partial charge in [0.25, 0.3) is 0 Å². The van der Waals surface area contributed by atoms with Crippen LogP contribution >= 0.6 is 45.1 Å². The zero-order valence-electron chi connectivity index (χ0n) is 68.6. The lowest BCUT2D eigenvalue weighted by atomic mass is 9.72. The summed E-state index contributed by atoms with van der Waals surface area (Å²) in [6.07, 6.45) is 11.7. The zero-order valence-corrected chi connectivity index (χ0v) is 71.8. The van der Waals surface area contributed by atoms with Crippen LogP contribution in [0.5, 0.6) is 5.75 Å². The molecule has 28 heteroatoms. The predicted molar refractivity (Wildman–Crippen MR) is 471 cm³/mol. The number of phenols is 1. The van der Waals surface area contributed by atoms with E-state index in [2.05, 4.69) is 114 Å². The van der Waals surface area contributed by atoms with Crippen LogP contribution in [0.25, 0.3) is 32.7 Å². The smallest absolute Gasteiger partial charge is 0.242 e. The van der Waals surface area contributed by atoms with E-state index in [9.17, 15) is 39.0 Å². The summed E-state index contributed by atoms with van der Waals surface area (Å²) < 4.78 is 0. The topological polar surface area (TPSA) is 377 Å².